The average molecular weight is 342 g/mol. The minimum absolute atomic E-state index is 0.0225. The molecule has 23 heavy (non-hydrogen) atoms. The van der Waals surface area contributed by atoms with Crippen molar-refractivity contribution in [3.05, 3.63) is 22.1 Å². The van der Waals surface area contributed by atoms with Gasteiger partial charge >= 0.3 is 5.97 Å². The molecule has 1 aromatic heterocycles. The summed E-state index contributed by atoms with van der Waals surface area (Å²) >= 11 is 0.996. The normalized spacial score (nSPS) is 10.0. The van der Waals surface area contributed by atoms with Gasteiger partial charge in [-0.2, -0.15) is 0 Å². The van der Waals surface area contributed by atoms with Gasteiger partial charge in [0.2, 0.25) is 11.8 Å². The fraction of sp³-hybridized carbons (Fsp3) is 0.462. The molecular formula is C13H18N4O5S. The molecular weight excluding hydrogens is 324 g/mol. The number of nitrogens with zero attached hydrogens (tertiary/aromatic N) is 2. The van der Waals surface area contributed by atoms with E-state index >= 15 is 0 Å². The summed E-state index contributed by atoms with van der Waals surface area (Å²) in [4.78, 5) is 53.6. The molecule has 1 rings (SSSR count). The highest BCUT2D eigenvalue weighted by Gasteiger charge is 2.11. The SMILES string of the molecule is COC(=O)Cc1cc(=O)[nH]c(SCC(=O)NCC(=O)N(C)C)n1. The summed E-state index contributed by atoms with van der Waals surface area (Å²) in [5, 5.41) is 2.67. The van der Waals surface area contributed by atoms with Gasteiger partial charge in [-0.3, -0.25) is 19.2 Å². The van der Waals surface area contributed by atoms with E-state index in [9.17, 15) is 19.2 Å². The third-order valence-corrected chi connectivity index (χ3v) is 3.47. The number of hydrogen-bond acceptors (Lipinski definition) is 7. The van der Waals surface area contributed by atoms with Crippen molar-refractivity contribution in [2.24, 2.45) is 0 Å². The molecule has 0 unspecified atom stereocenters. The van der Waals surface area contributed by atoms with E-state index in [0.29, 0.717) is 0 Å². The molecule has 2 amide bonds. The van der Waals surface area contributed by atoms with Crippen LogP contribution in [0.2, 0.25) is 0 Å². The molecule has 1 aromatic rings. The van der Waals surface area contributed by atoms with E-state index < -0.39 is 11.5 Å². The van der Waals surface area contributed by atoms with Crippen LogP contribution < -0.4 is 10.9 Å². The number of rotatable bonds is 7. The number of esters is 1. The highest BCUT2D eigenvalue weighted by Crippen LogP contribution is 2.11. The van der Waals surface area contributed by atoms with Crippen molar-refractivity contribution in [3.8, 4) is 0 Å². The number of ether oxygens (including phenoxy) is 1. The van der Waals surface area contributed by atoms with E-state index in [0.717, 1.165) is 11.8 Å². The maximum Gasteiger partial charge on any atom is 0.311 e. The molecule has 0 aliphatic heterocycles. The standard InChI is InChI=1S/C13H18N4O5S/c1-17(2)11(20)6-14-10(19)7-23-13-15-8(4-9(18)16-13)5-12(21)22-3/h4H,5-7H2,1-3H3,(H,14,19)(H,15,16,18). The summed E-state index contributed by atoms with van der Waals surface area (Å²) in [6.45, 7) is -0.0985. The lowest BCUT2D eigenvalue weighted by Gasteiger charge is -2.10. The maximum atomic E-state index is 11.6. The van der Waals surface area contributed by atoms with Crippen molar-refractivity contribution < 1.29 is 19.1 Å². The Balaban J connectivity index is 2.57. The van der Waals surface area contributed by atoms with Gasteiger partial charge in [-0.05, 0) is 0 Å². The smallest absolute Gasteiger partial charge is 0.311 e. The van der Waals surface area contributed by atoms with Crippen molar-refractivity contribution in [1.82, 2.24) is 20.2 Å². The molecule has 126 valence electrons. The summed E-state index contributed by atoms with van der Waals surface area (Å²) in [6.07, 6.45) is -0.127. The van der Waals surface area contributed by atoms with Crippen LogP contribution in [0.15, 0.2) is 16.0 Å². The Hall–Kier alpha value is -2.36. The first-order valence-corrected chi connectivity index (χ1v) is 7.57. The minimum atomic E-state index is -0.515. The number of carbonyl (C=O) groups excluding carboxylic acids is 3. The third-order valence-electron chi connectivity index (χ3n) is 2.60. The number of amides is 2. The molecule has 0 saturated heterocycles. The van der Waals surface area contributed by atoms with E-state index in [-0.39, 0.29) is 41.4 Å². The van der Waals surface area contributed by atoms with Crippen LogP contribution in [0, 0.1) is 0 Å². The molecule has 0 radical (unpaired) electrons. The zero-order valence-electron chi connectivity index (χ0n) is 13.0. The summed E-state index contributed by atoms with van der Waals surface area (Å²) < 4.78 is 4.51. The second kappa shape index (κ2) is 8.93. The molecule has 10 heteroatoms. The Labute approximate surface area is 136 Å². The van der Waals surface area contributed by atoms with Gasteiger partial charge in [-0.1, -0.05) is 11.8 Å². The van der Waals surface area contributed by atoms with Gasteiger partial charge in [0.1, 0.15) is 0 Å². The summed E-state index contributed by atoms with van der Waals surface area (Å²) in [5.41, 5.74) is -0.170. The Morgan fingerprint density at radius 1 is 1.39 bits per heavy atom. The fourth-order valence-electron chi connectivity index (χ4n) is 1.38. The lowest BCUT2D eigenvalue weighted by atomic mass is 10.3. The van der Waals surface area contributed by atoms with E-state index in [2.05, 4.69) is 20.0 Å². The van der Waals surface area contributed by atoms with Gasteiger partial charge < -0.3 is 19.9 Å². The number of likely N-dealkylation sites (N-methyl/N-ethyl adjacent to an activating group) is 1. The summed E-state index contributed by atoms with van der Waals surface area (Å²) in [7, 11) is 4.42. The number of aromatic amines is 1. The Kier molecular flexibility index (Phi) is 7.26. The second-order valence-corrected chi connectivity index (χ2v) is 5.61. The van der Waals surface area contributed by atoms with Crippen LogP contribution in [0.3, 0.4) is 0 Å². The first kappa shape index (κ1) is 18.7. The Bertz CT molecular complexity index is 643. The predicted octanol–water partition coefficient (Wildman–Crippen LogP) is -1.22. The molecule has 0 fully saturated rings. The van der Waals surface area contributed by atoms with Crippen LogP contribution in [0.5, 0.6) is 0 Å². The quantitative estimate of drug-likeness (QED) is 0.362. The molecule has 0 spiro atoms. The minimum Gasteiger partial charge on any atom is -0.469 e. The highest BCUT2D eigenvalue weighted by molar-refractivity contribution is 7.99. The molecule has 0 saturated carbocycles. The van der Waals surface area contributed by atoms with Gasteiger partial charge in [0.15, 0.2) is 5.16 Å². The number of H-pyrrole nitrogens is 1. The molecule has 2 N–H and O–H groups in total. The van der Waals surface area contributed by atoms with Crippen LogP contribution in [0.4, 0.5) is 0 Å². The summed E-state index contributed by atoms with van der Waals surface area (Å²) in [5.74, 6) is -1.13. The number of carbonyl (C=O) groups is 3. The predicted molar refractivity (Wildman–Crippen MR) is 83.0 cm³/mol. The van der Waals surface area contributed by atoms with Gasteiger partial charge in [0, 0.05) is 20.2 Å². The number of aromatic nitrogens is 2. The van der Waals surface area contributed by atoms with Crippen LogP contribution in [0.1, 0.15) is 5.69 Å². The lowest BCUT2D eigenvalue weighted by molar-refractivity contribution is -0.139. The molecule has 0 bridgehead atoms. The van der Waals surface area contributed by atoms with Crippen molar-refractivity contribution in [3.63, 3.8) is 0 Å². The zero-order valence-corrected chi connectivity index (χ0v) is 13.9. The van der Waals surface area contributed by atoms with Crippen molar-refractivity contribution in [2.45, 2.75) is 11.6 Å². The van der Waals surface area contributed by atoms with E-state index in [1.807, 2.05) is 0 Å². The van der Waals surface area contributed by atoms with E-state index in [4.69, 9.17) is 0 Å². The largest absolute Gasteiger partial charge is 0.469 e. The number of nitrogens with one attached hydrogen (secondary N) is 2. The number of thioether (sulfide) groups is 1. The van der Waals surface area contributed by atoms with Crippen molar-refractivity contribution in [2.75, 3.05) is 33.5 Å². The van der Waals surface area contributed by atoms with Crippen LogP contribution >= 0.6 is 11.8 Å². The monoisotopic (exact) mass is 342 g/mol. The topological polar surface area (TPSA) is 121 Å². The molecule has 0 aliphatic carbocycles. The van der Waals surface area contributed by atoms with E-state index in [1.165, 1.54) is 18.1 Å². The summed E-state index contributed by atoms with van der Waals surface area (Å²) in [6, 6.07) is 1.19. The number of methoxy groups -OCH3 is 1. The fourth-order valence-corrected chi connectivity index (χ4v) is 2.10. The first-order valence-electron chi connectivity index (χ1n) is 6.58. The van der Waals surface area contributed by atoms with Crippen LogP contribution in [-0.2, 0) is 25.5 Å². The van der Waals surface area contributed by atoms with Crippen molar-refractivity contribution >= 4 is 29.5 Å². The molecule has 9 nitrogen and oxygen atoms in total. The lowest BCUT2D eigenvalue weighted by Crippen LogP contribution is -2.37. The van der Waals surface area contributed by atoms with Gasteiger partial charge in [-0.25, -0.2) is 4.98 Å². The zero-order chi connectivity index (χ0) is 17.4. The molecule has 0 aromatic carbocycles. The molecule has 0 atom stereocenters. The average Bonchev–Trinajstić information content (AvgIpc) is 2.49. The number of hydrogen-bond donors (Lipinski definition) is 2. The highest BCUT2D eigenvalue weighted by atomic mass is 32.2. The van der Waals surface area contributed by atoms with E-state index in [1.54, 1.807) is 14.1 Å². The Morgan fingerprint density at radius 2 is 2.09 bits per heavy atom. The van der Waals surface area contributed by atoms with Gasteiger partial charge in [-0.15, -0.1) is 0 Å². The van der Waals surface area contributed by atoms with Crippen LogP contribution in [0.25, 0.3) is 0 Å². The molecule has 1 heterocycles. The van der Waals surface area contributed by atoms with Gasteiger partial charge in [0.05, 0.1) is 31.5 Å². The maximum absolute atomic E-state index is 11.6. The third kappa shape index (κ3) is 6.96. The first-order chi connectivity index (χ1) is 10.8. The Morgan fingerprint density at radius 3 is 2.70 bits per heavy atom. The van der Waals surface area contributed by atoms with Gasteiger partial charge in [0.25, 0.3) is 5.56 Å². The van der Waals surface area contributed by atoms with Crippen LogP contribution in [-0.4, -0.2) is 66.2 Å². The van der Waals surface area contributed by atoms with Crippen molar-refractivity contribution in [1.29, 1.82) is 0 Å². The second-order valence-electron chi connectivity index (χ2n) is 4.65. The molecule has 0 aliphatic rings.